The first kappa shape index (κ1) is 14.7. The minimum atomic E-state index is -1.39. The van der Waals surface area contributed by atoms with Gasteiger partial charge in [0.2, 0.25) is 0 Å². The number of hydrogen-bond acceptors (Lipinski definition) is 3. The molecule has 2 rings (SSSR count). The van der Waals surface area contributed by atoms with Gasteiger partial charge in [0.15, 0.2) is 0 Å². The zero-order valence-electron chi connectivity index (χ0n) is 11.0. The second-order valence-electron chi connectivity index (χ2n) is 4.35. The molecule has 5 nitrogen and oxygen atoms in total. The van der Waals surface area contributed by atoms with Crippen molar-refractivity contribution in [3.63, 3.8) is 0 Å². The van der Waals surface area contributed by atoms with Gasteiger partial charge in [-0.3, -0.25) is 4.79 Å². The van der Waals surface area contributed by atoms with E-state index in [9.17, 15) is 14.0 Å². The van der Waals surface area contributed by atoms with Gasteiger partial charge in [0.25, 0.3) is 5.91 Å². The fraction of sp³-hybridized carbons (Fsp3) is 0.0667. The SMILES string of the molecule is NCc1ccc(C(=O)Nc2ccc(F)c(C(=O)O)c2)cc1. The molecule has 6 heteroatoms. The van der Waals surface area contributed by atoms with E-state index in [2.05, 4.69) is 5.32 Å². The molecule has 0 fully saturated rings. The lowest BCUT2D eigenvalue weighted by atomic mass is 10.1. The number of carbonyl (C=O) groups is 2. The zero-order valence-corrected chi connectivity index (χ0v) is 11.0. The van der Waals surface area contributed by atoms with Gasteiger partial charge in [0.1, 0.15) is 5.82 Å². The Morgan fingerprint density at radius 3 is 2.38 bits per heavy atom. The molecule has 0 bridgehead atoms. The first-order valence-electron chi connectivity index (χ1n) is 6.14. The van der Waals surface area contributed by atoms with Crippen molar-refractivity contribution in [2.75, 3.05) is 5.32 Å². The molecule has 0 aliphatic carbocycles. The molecule has 0 atom stereocenters. The number of hydrogen-bond donors (Lipinski definition) is 3. The molecule has 0 aliphatic heterocycles. The van der Waals surface area contributed by atoms with Gasteiger partial charge in [-0.05, 0) is 35.9 Å². The highest BCUT2D eigenvalue weighted by atomic mass is 19.1. The van der Waals surface area contributed by atoms with Gasteiger partial charge in [0, 0.05) is 17.8 Å². The van der Waals surface area contributed by atoms with E-state index in [0.29, 0.717) is 12.1 Å². The molecule has 2 aromatic rings. The van der Waals surface area contributed by atoms with E-state index < -0.39 is 23.3 Å². The Bertz CT molecular complexity index is 684. The van der Waals surface area contributed by atoms with Gasteiger partial charge in [0.05, 0.1) is 5.56 Å². The van der Waals surface area contributed by atoms with Crippen LogP contribution in [0.2, 0.25) is 0 Å². The number of anilines is 1. The predicted molar refractivity (Wildman–Crippen MR) is 75.6 cm³/mol. The highest BCUT2D eigenvalue weighted by Crippen LogP contribution is 2.16. The first-order valence-corrected chi connectivity index (χ1v) is 6.14. The topological polar surface area (TPSA) is 92.4 Å². The number of halogens is 1. The number of carboxylic acids is 1. The average molecular weight is 288 g/mol. The normalized spacial score (nSPS) is 10.2. The van der Waals surface area contributed by atoms with Gasteiger partial charge in [-0.1, -0.05) is 12.1 Å². The number of carbonyl (C=O) groups excluding carboxylic acids is 1. The molecule has 108 valence electrons. The largest absolute Gasteiger partial charge is 0.478 e. The van der Waals surface area contributed by atoms with E-state index in [1.54, 1.807) is 24.3 Å². The molecular formula is C15H13FN2O3. The summed E-state index contributed by atoms with van der Waals surface area (Å²) in [7, 11) is 0. The van der Waals surface area contributed by atoms with Crippen LogP contribution in [0.5, 0.6) is 0 Å². The first-order chi connectivity index (χ1) is 10.0. The van der Waals surface area contributed by atoms with E-state index >= 15 is 0 Å². The fourth-order valence-corrected chi connectivity index (χ4v) is 1.76. The lowest BCUT2D eigenvalue weighted by molar-refractivity contribution is 0.0691. The lowest BCUT2D eigenvalue weighted by Crippen LogP contribution is -2.13. The quantitative estimate of drug-likeness (QED) is 0.804. The zero-order chi connectivity index (χ0) is 15.4. The minimum absolute atomic E-state index is 0.210. The monoisotopic (exact) mass is 288 g/mol. The number of carboxylic acid groups (broad SMARTS) is 1. The third-order valence-electron chi connectivity index (χ3n) is 2.91. The second-order valence-corrected chi connectivity index (χ2v) is 4.35. The van der Waals surface area contributed by atoms with Crippen LogP contribution < -0.4 is 11.1 Å². The molecule has 0 spiro atoms. The van der Waals surface area contributed by atoms with Crippen molar-refractivity contribution >= 4 is 17.6 Å². The third kappa shape index (κ3) is 3.43. The summed E-state index contributed by atoms with van der Waals surface area (Å²) >= 11 is 0. The smallest absolute Gasteiger partial charge is 0.338 e. The Kier molecular flexibility index (Phi) is 4.30. The van der Waals surface area contributed by atoms with Crippen LogP contribution in [0.15, 0.2) is 42.5 Å². The van der Waals surface area contributed by atoms with E-state index in [4.69, 9.17) is 10.8 Å². The van der Waals surface area contributed by atoms with Crippen molar-refractivity contribution in [3.05, 3.63) is 65.0 Å². The maximum Gasteiger partial charge on any atom is 0.338 e. The van der Waals surface area contributed by atoms with Crippen LogP contribution in [0.1, 0.15) is 26.3 Å². The molecule has 0 radical (unpaired) electrons. The van der Waals surface area contributed by atoms with Gasteiger partial charge in [-0.25, -0.2) is 9.18 Å². The highest BCUT2D eigenvalue weighted by molar-refractivity contribution is 6.04. The molecule has 0 unspecified atom stereocenters. The molecule has 0 aliphatic rings. The summed E-state index contributed by atoms with van der Waals surface area (Å²) in [5.74, 6) is -2.66. The van der Waals surface area contributed by atoms with Crippen molar-refractivity contribution in [2.45, 2.75) is 6.54 Å². The summed E-state index contributed by atoms with van der Waals surface area (Å²) in [6.45, 7) is 0.377. The summed E-state index contributed by atoms with van der Waals surface area (Å²) in [5.41, 5.74) is 6.47. The second kappa shape index (κ2) is 6.15. The number of benzene rings is 2. The van der Waals surface area contributed by atoms with E-state index in [1.807, 2.05) is 0 Å². The van der Waals surface area contributed by atoms with Crippen LogP contribution in [0.4, 0.5) is 10.1 Å². The van der Waals surface area contributed by atoms with Crippen LogP contribution in [-0.2, 0) is 6.54 Å². The summed E-state index contributed by atoms with van der Waals surface area (Å²) in [6, 6.07) is 10.0. The number of amides is 1. The minimum Gasteiger partial charge on any atom is -0.478 e. The number of nitrogens with one attached hydrogen (secondary N) is 1. The van der Waals surface area contributed by atoms with E-state index in [0.717, 1.165) is 17.7 Å². The van der Waals surface area contributed by atoms with E-state index in [1.165, 1.54) is 6.07 Å². The molecule has 0 saturated heterocycles. The maximum atomic E-state index is 13.3. The number of aromatic carboxylic acids is 1. The summed E-state index contributed by atoms with van der Waals surface area (Å²) < 4.78 is 13.3. The average Bonchev–Trinajstić information content (AvgIpc) is 2.49. The predicted octanol–water partition coefficient (Wildman–Crippen LogP) is 2.23. The van der Waals surface area contributed by atoms with Crippen molar-refractivity contribution in [3.8, 4) is 0 Å². The third-order valence-corrected chi connectivity index (χ3v) is 2.91. The van der Waals surface area contributed by atoms with Crippen molar-refractivity contribution in [2.24, 2.45) is 5.73 Å². The molecule has 21 heavy (non-hydrogen) atoms. The lowest BCUT2D eigenvalue weighted by Gasteiger charge is -2.07. The van der Waals surface area contributed by atoms with Crippen LogP contribution >= 0.6 is 0 Å². The molecular weight excluding hydrogens is 275 g/mol. The number of rotatable bonds is 4. The van der Waals surface area contributed by atoms with Crippen LogP contribution in [0, 0.1) is 5.82 Å². The van der Waals surface area contributed by atoms with Crippen molar-refractivity contribution in [1.29, 1.82) is 0 Å². The van der Waals surface area contributed by atoms with Crippen LogP contribution in [0.3, 0.4) is 0 Å². The van der Waals surface area contributed by atoms with E-state index in [-0.39, 0.29) is 5.69 Å². The maximum absolute atomic E-state index is 13.3. The Hall–Kier alpha value is -2.73. The van der Waals surface area contributed by atoms with Gasteiger partial charge < -0.3 is 16.2 Å². The Morgan fingerprint density at radius 1 is 1.14 bits per heavy atom. The Labute approximate surface area is 120 Å². The highest BCUT2D eigenvalue weighted by Gasteiger charge is 2.12. The Balaban J connectivity index is 2.19. The summed E-state index contributed by atoms with van der Waals surface area (Å²) in [6.07, 6.45) is 0. The summed E-state index contributed by atoms with van der Waals surface area (Å²) in [5, 5.41) is 11.4. The van der Waals surface area contributed by atoms with Crippen molar-refractivity contribution in [1.82, 2.24) is 0 Å². The fourth-order valence-electron chi connectivity index (χ4n) is 1.76. The van der Waals surface area contributed by atoms with Crippen LogP contribution in [-0.4, -0.2) is 17.0 Å². The molecule has 4 N–H and O–H groups in total. The van der Waals surface area contributed by atoms with Gasteiger partial charge in [-0.2, -0.15) is 0 Å². The van der Waals surface area contributed by atoms with Gasteiger partial charge in [-0.15, -0.1) is 0 Å². The van der Waals surface area contributed by atoms with Gasteiger partial charge >= 0.3 is 5.97 Å². The van der Waals surface area contributed by atoms with Crippen LogP contribution in [0.25, 0.3) is 0 Å². The molecule has 0 saturated carbocycles. The molecule has 1 amide bonds. The number of nitrogens with two attached hydrogens (primary N) is 1. The Morgan fingerprint density at radius 2 is 1.81 bits per heavy atom. The standard InChI is InChI=1S/C15H13FN2O3/c16-13-6-5-11(7-12(13)15(20)21)18-14(19)10-3-1-9(8-17)2-4-10/h1-7H,8,17H2,(H,18,19)(H,20,21). The summed E-state index contributed by atoms with van der Waals surface area (Å²) in [4.78, 5) is 22.8. The van der Waals surface area contributed by atoms with Crippen molar-refractivity contribution < 1.29 is 19.1 Å². The molecule has 0 heterocycles. The molecule has 0 aromatic heterocycles. The molecule has 2 aromatic carbocycles.